The average molecular weight is 373 g/mol. The van der Waals surface area contributed by atoms with E-state index in [-0.39, 0.29) is 5.82 Å². The largest absolute Gasteiger partial charge is 0.331 e. The average Bonchev–Trinajstić information content (AvgIpc) is 2.99. The fraction of sp³-hybridized carbons (Fsp3) is 0.211. The Balaban J connectivity index is 1.61. The molecule has 0 saturated carbocycles. The molecule has 0 spiro atoms. The zero-order chi connectivity index (χ0) is 16.1. The molecule has 0 amide bonds. The molecule has 118 valence electrons. The third kappa shape index (κ3) is 4.29. The van der Waals surface area contributed by atoms with Crippen molar-refractivity contribution in [3.8, 4) is 0 Å². The van der Waals surface area contributed by atoms with Crippen LogP contribution in [-0.4, -0.2) is 9.55 Å². The molecule has 0 unspecified atom stereocenters. The van der Waals surface area contributed by atoms with Gasteiger partial charge in [0.1, 0.15) is 11.6 Å². The molecule has 0 radical (unpaired) electrons. The number of imidazole rings is 1. The number of aryl methyl sites for hydroxylation is 2. The highest BCUT2D eigenvalue weighted by atomic mass is 79.9. The lowest BCUT2D eigenvalue weighted by Crippen LogP contribution is -2.05. The molecule has 3 rings (SSSR count). The van der Waals surface area contributed by atoms with Crippen LogP contribution in [0.1, 0.15) is 23.4 Å². The number of halogens is 2. The molecule has 0 saturated heterocycles. The number of nitrogens with zero attached hydrogens (tertiary/aromatic N) is 2. The molecule has 0 bridgehead atoms. The molecule has 23 heavy (non-hydrogen) atoms. The minimum absolute atomic E-state index is 0.234. The van der Waals surface area contributed by atoms with Gasteiger partial charge in [-0.15, -0.1) is 0 Å². The third-order valence-electron chi connectivity index (χ3n) is 3.85. The van der Waals surface area contributed by atoms with Crippen molar-refractivity contribution in [1.82, 2.24) is 9.55 Å². The summed E-state index contributed by atoms with van der Waals surface area (Å²) in [4.78, 5) is 4.46. The van der Waals surface area contributed by atoms with E-state index >= 15 is 0 Å². The van der Waals surface area contributed by atoms with E-state index < -0.39 is 0 Å². The maximum absolute atomic E-state index is 13.3. The first-order valence-corrected chi connectivity index (χ1v) is 8.49. The van der Waals surface area contributed by atoms with Crippen molar-refractivity contribution in [2.45, 2.75) is 25.8 Å². The summed E-state index contributed by atoms with van der Waals surface area (Å²) in [6.45, 7) is 0.708. The van der Waals surface area contributed by atoms with Crippen molar-refractivity contribution in [2.24, 2.45) is 0 Å². The smallest absolute Gasteiger partial charge is 0.137 e. The van der Waals surface area contributed by atoms with Crippen LogP contribution >= 0.6 is 15.9 Å². The van der Waals surface area contributed by atoms with E-state index in [0.717, 1.165) is 30.7 Å². The Kier molecular flexibility index (Phi) is 5.23. The van der Waals surface area contributed by atoms with Gasteiger partial charge in [0.05, 0.1) is 4.47 Å². The molecule has 4 heteroatoms. The highest BCUT2D eigenvalue weighted by molar-refractivity contribution is 9.10. The van der Waals surface area contributed by atoms with Crippen LogP contribution in [0.4, 0.5) is 4.39 Å². The van der Waals surface area contributed by atoms with Crippen LogP contribution in [-0.2, 0) is 19.4 Å². The summed E-state index contributed by atoms with van der Waals surface area (Å²) in [7, 11) is 0. The third-order valence-corrected chi connectivity index (χ3v) is 4.45. The Morgan fingerprint density at radius 3 is 2.61 bits per heavy atom. The Morgan fingerprint density at radius 1 is 1.00 bits per heavy atom. The summed E-state index contributed by atoms with van der Waals surface area (Å²) in [5.41, 5.74) is 2.41. The SMILES string of the molecule is Fc1ccc(Cn2ccnc2CCCc2ccccc2)cc1Br. The van der Waals surface area contributed by atoms with Gasteiger partial charge in [-0.25, -0.2) is 9.37 Å². The maximum atomic E-state index is 13.3. The highest BCUT2D eigenvalue weighted by Crippen LogP contribution is 2.18. The van der Waals surface area contributed by atoms with E-state index in [4.69, 9.17) is 0 Å². The summed E-state index contributed by atoms with van der Waals surface area (Å²) in [5.74, 6) is 0.837. The lowest BCUT2D eigenvalue weighted by molar-refractivity contribution is 0.618. The van der Waals surface area contributed by atoms with Gasteiger partial charge >= 0.3 is 0 Å². The van der Waals surface area contributed by atoms with E-state index in [0.29, 0.717) is 11.0 Å². The summed E-state index contributed by atoms with van der Waals surface area (Å²) < 4.78 is 15.9. The van der Waals surface area contributed by atoms with Gasteiger partial charge in [0.2, 0.25) is 0 Å². The molecule has 1 aromatic heterocycles. The normalized spacial score (nSPS) is 10.9. The van der Waals surface area contributed by atoms with Crippen LogP contribution in [0.15, 0.2) is 65.4 Å². The number of hydrogen-bond donors (Lipinski definition) is 0. The van der Waals surface area contributed by atoms with Gasteiger partial charge in [0, 0.05) is 25.4 Å². The Labute approximate surface area is 144 Å². The van der Waals surface area contributed by atoms with Crippen LogP contribution < -0.4 is 0 Å². The molecule has 2 aromatic carbocycles. The first kappa shape index (κ1) is 15.9. The van der Waals surface area contributed by atoms with Crippen LogP contribution in [0.25, 0.3) is 0 Å². The lowest BCUT2D eigenvalue weighted by atomic mass is 10.1. The summed E-state index contributed by atoms with van der Waals surface area (Å²) in [5, 5.41) is 0. The van der Waals surface area contributed by atoms with E-state index in [2.05, 4.69) is 49.7 Å². The van der Waals surface area contributed by atoms with E-state index in [9.17, 15) is 4.39 Å². The van der Waals surface area contributed by atoms with Gasteiger partial charge in [-0.1, -0.05) is 36.4 Å². The fourth-order valence-corrected chi connectivity index (χ4v) is 3.07. The van der Waals surface area contributed by atoms with Gasteiger partial charge in [-0.3, -0.25) is 0 Å². The highest BCUT2D eigenvalue weighted by Gasteiger charge is 2.06. The maximum Gasteiger partial charge on any atom is 0.137 e. The molecule has 0 fully saturated rings. The molecule has 0 N–H and O–H groups in total. The van der Waals surface area contributed by atoms with Crippen LogP contribution in [0.3, 0.4) is 0 Å². The quantitative estimate of drug-likeness (QED) is 0.594. The minimum Gasteiger partial charge on any atom is -0.331 e. The van der Waals surface area contributed by atoms with E-state index in [1.54, 1.807) is 0 Å². The van der Waals surface area contributed by atoms with E-state index in [1.165, 1.54) is 11.6 Å². The molecule has 1 heterocycles. The standard InChI is InChI=1S/C19H18BrFN2/c20-17-13-16(9-10-18(17)21)14-23-12-11-22-19(23)8-4-7-15-5-2-1-3-6-15/h1-3,5-6,9-13H,4,7-8,14H2. The number of benzene rings is 2. The second-order valence-electron chi connectivity index (χ2n) is 5.56. The van der Waals surface area contributed by atoms with Crippen molar-refractivity contribution in [2.75, 3.05) is 0 Å². The van der Waals surface area contributed by atoms with Crippen LogP contribution in [0.5, 0.6) is 0 Å². The van der Waals surface area contributed by atoms with Gasteiger partial charge in [0.15, 0.2) is 0 Å². The van der Waals surface area contributed by atoms with Crippen LogP contribution in [0, 0.1) is 5.82 Å². The van der Waals surface area contributed by atoms with Crippen LogP contribution in [0.2, 0.25) is 0 Å². The number of rotatable bonds is 6. The van der Waals surface area contributed by atoms with Crippen molar-refractivity contribution in [3.05, 3.63) is 88.2 Å². The zero-order valence-corrected chi connectivity index (χ0v) is 14.3. The lowest BCUT2D eigenvalue weighted by Gasteiger charge is -2.09. The van der Waals surface area contributed by atoms with Gasteiger partial charge in [0.25, 0.3) is 0 Å². The molecule has 0 aliphatic rings. The van der Waals surface area contributed by atoms with Crippen molar-refractivity contribution >= 4 is 15.9 Å². The zero-order valence-electron chi connectivity index (χ0n) is 12.8. The van der Waals surface area contributed by atoms with E-state index in [1.807, 2.05) is 30.6 Å². The monoisotopic (exact) mass is 372 g/mol. The summed E-state index contributed by atoms with van der Waals surface area (Å²) in [6.07, 6.45) is 6.86. The van der Waals surface area contributed by atoms with Crippen molar-refractivity contribution in [1.29, 1.82) is 0 Å². The van der Waals surface area contributed by atoms with Crippen molar-refractivity contribution in [3.63, 3.8) is 0 Å². The van der Waals surface area contributed by atoms with Gasteiger partial charge in [-0.2, -0.15) is 0 Å². The minimum atomic E-state index is -0.234. The summed E-state index contributed by atoms with van der Waals surface area (Å²) in [6, 6.07) is 15.6. The molecule has 0 atom stereocenters. The van der Waals surface area contributed by atoms with Gasteiger partial charge in [-0.05, 0) is 52.0 Å². The van der Waals surface area contributed by atoms with Crippen molar-refractivity contribution < 1.29 is 4.39 Å². The fourth-order valence-electron chi connectivity index (χ4n) is 2.64. The predicted molar refractivity (Wildman–Crippen MR) is 93.9 cm³/mol. The molecular weight excluding hydrogens is 355 g/mol. The number of aromatic nitrogens is 2. The first-order valence-electron chi connectivity index (χ1n) is 7.70. The first-order chi connectivity index (χ1) is 11.2. The Hall–Kier alpha value is -1.94. The molecule has 0 aliphatic carbocycles. The Morgan fingerprint density at radius 2 is 1.83 bits per heavy atom. The van der Waals surface area contributed by atoms with Gasteiger partial charge < -0.3 is 4.57 Å². The number of hydrogen-bond acceptors (Lipinski definition) is 1. The predicted octanol–water partition coefficient (Wildman–Crippen LogP) is 5.01. The topological polar surface area (TPSA) is 17.8 Å². The molecule has 2 nitrogen and oxygen atoms in total. The molecule has 0 aliphatic heterocycles. The molecular formula is C19H18BrFN2. The summed E-state index contributed by atoms with van der Waals surface area (Å²) >= 11 is 3.24. The second kappa shape index (κ2) is 7.55. The Bertz CT molecular complexity index is 768. The molecule has 3 aromatic rings. The second-order valence-corrected chi connectivity index (χ2v) is 6.41.